The molecule has 4 rings (SSSR count). The molecule has 1 aromatic heterocycles. The monoisotopic (exact) mass is 465 g/mol. The number of hydrogen-bond donors (Lipinski definition) is 0. The van der Waals surface area contributed by atoms with E-state index in [0.29, 0.717) is 23.4 Å². The molecule has 0 saturated heterocycles. The third kappa shape index (κ3) is 4.41. The van der Waals surface area contributed by atoms with Gasteiger partial charge in [0.2, 0.25) is 15.3 Å². The summed E-state index contributed by atoms with van der Waals surface area (Å²) in [7, 11) is -4.10. The maximum atomic E-state index is 14.4. The van der Waals surface area contributed by atoms with Crippen molar-refractivity contribution in [2.24, 2.45) is 0 Å². The van der Waals surface area contributed by atoms with E-state index in [2.05, 4.69) is 0 Å². The fourth-order valence-corrected chi connectivity index (χ4v) is 5.14. The number of fused-ring (bicyclic) bond motifs is 1. The lowest BCUT2D eigenvalue weighted by molar-refractivity contribution is 0.340. The van der Waals surface area contributed by atoms with Crippen LogP contribution in [0, 0.1) is 5.82 Å². The molecular weight excluding hydrogens is 441 g/mol. The molecule has 0 atom stereocenters. The topological polar surface area (TPSA) is 65.4 Å². The van der Waals surface area contributed by atoms with Crippen molar-refractivity contribution < 1.29 is 17.5 Å². The van der Waals surface area contributed by atoms with E-state index in [0.717, 1.165) is 12.0 Å². The van der Waals surface area contributed by atoms with Gasteiger partial charge in [-0.25, -0.2) is 12.8 Å². The van der Waals surface area contributed by atoms with Gasteiger partial charge in [0.05, 0.1) is 29.0 Å². The van der Waals surface area contributed by atoms with Crippen molar-refractivity contribution >= 4 is 20.7 Å². The van der Waals surface area contributed by atoms with Crippen molar-refractivity contribution in [3.05, 3.63) is 100 Å². The van der Waals surface area contributed by atoms with Crippen LogP contribution < -0.4 is 10.2 Å². The summed E-state index contributed by atoms with van der Waals surface area (Å²) in [4.78, 5) is 13.1. The third-order valence-corrected chi connectivity index (χ3v) is 7.32. The summed E-state index contributed by atoms with van der Waals surface area (Å²) in [5.41, 5.74) is 1.25. The lowest BCUT2D eigenvalue weighted by Gasteiger charge is -2.15. The molecule has 170 valence electrons. The number of ether oxygens (including phenoxy) is 1. The Bertz CT molecular complexity index is 1470. The molecule has 0 spiro atoms. The highest BCUT2D eigenvalue weighted by atomic mass is 32.2. The Balaban J connectivity index is 1.96. The van der Waals surface area contributed by atoms with E-state index in [1.54, 1.807) is 47.0 Å². The minimum atomic E-state index is -4.10. The lowest BCUT2D eigenvalue weighted by atomic mass is 10.1. The molecule has 0 aliphatic carbocycles. The molecule has 7 heteroatoms. The highest BCUT2D eigenvalue weighted by molar-refractivity contribution is 7.91. The first-order valence-electron chi connectivity index (χ1n) is 10.7. The number of halogens is 1. The van der Waals surface area contributed by atoms with Crippen LogP contribution in [-0.4, -0.2) is 19.6 Å². The van der Waals surface area contributed by atoms with Crippen LogP contribution in [0.1, 0.15) is 25.0 Å². The molecule has 0 amide bonds. The Kier molecular flexibility index (Phi) is 6.33. The summed E-state index contributed by atoms with van der Waals surface area (Å²) in [6, 6.07) is 17.7. The van der Waals surface area contributed by atoms with E-state index >= 15 is 0 Å². The minimum absolute atomic E-state index is 0.0366. The quantitative estimate of drug-likeness (QED) is 0.386. The van der Waals surface area contributed by atoms with Gasteiger partial charge in [0.25, 0.3) is 0 Å². The number of benzene rings is 3. The van der Waals surface area contributed by atoms with Gasteiger partial charge in [0, 0.05) is 11.8 Å². The Morgan fingerprint density at radius 3 is 2.36 bits per heavy atom. The molecule has 3 aromatic carbocycles. The molecule has 0 bridgehead atoms. The highest BCUT2D eigenvalue weighted by Crippen LogP contribution is 2.25. The fraction of sp³-hybridized carbons (Fsp3) is 0.192. The normalized spacial score (nSPS) is 11.6. The van der Waals surface area contributed by atoms with Crippen LogP contribution in [0.2, 0.25) is 0 Å². The molecule has 0 aliphatic rings. The van der Waals surface area contributed by atoms with E-state index in [4.69, 9.17) is 4.74 Å². The molecular formula is C26H24FNO4S. The van der Waals surface area contributed by atoms with Crippen LogP contribution in [0.3, 0.4) is 0 Å². The summed E-state index contributed by atoms with van der Waals surface area (Å²) < 4.78 is 48.4. The predicted molar refractivity (Wildman–Crippen MR) is 126 cm³/mol. The molecule has 0 N–H and O–H groups in total. The van der Waals surface area contributed by atoms with E-state index < -0.39 is 21.1 Å². The summed E-state index contributed by atoms with van der Waals surface area (Å²) >= 11 is 0. The number of aryl methyl sites for hydroxylation is 1. The second-order valence-electron chi connectivity index (χ2n) is 7.65. The number of pyridine rings is 1. The van der Waals surface area contributed by atoms with Crippen LogP contribution in [-0.2, 0) is 22.8 Å². The third-order valence-electron chi connectivity index (χ3n) is 5.56. The van der Waals surface area contributed by atoms with Gasteiger partial charge in [-0.1, -0.05) is 37.3 Å². The number of rotatable bonds is 7. The van der Waals surface area contributed by atoms with Crippen molar-refractivity contribution in [2.45, 2.75) is 36.6 Å². The van der Waals surface area contributed by atoms with Gasteiger partial charge >= 0.3 is 0 Å². The summed E-state index contributed by atoms with van der Waals surface area (Å²) in [6.07, 6.45) is 2.08. The van der Waals surface area contributed by atoms with E-state index in [-0.39, 0.29) is 21.7 Å². The maximum Gasteiger partial charge on any atom is 0.211 e. The number of aromatic nitrogens is 1. The van der Waals surface area contributed by atoms with Crippen molar-refractivity contribution in [3.8, 4) is 5.75 Å². The van der Waals surface area contributed by atoms with Gasteiger partial charge in [-0.3, -0.25) is 4.79 Å². The first-order chi connectivity index (χ1) is 15.8. The van der Waals surface area contributed by atoms with Crippen LogP contribution in [0.25, 0.3) is 10.9 Å². The van der Waals surface area contributed by atoms with Gasteiger partial charge in [-0.05, 0) is 55.3 Å². The first-order valence-corrected chi connectivity index (χ1v) is 12.2. The minimum Gasteiger partial charge on any atom is -0.494 e. The van der Waals surface area contributed by atoms with Crippen LogP contribution >= 0.6 is 0 Å². The van der Waals surface area contributed by atoms with Gasteiger partial charge in [0.15, 0.2) is 0 Å². The van der Waals surface area contributed by atoms with Gasteiger partial charge in [-0.2, -0.15) is 0 Å². The summed E-state index contributed by atoms with van der Waals surface area (Å²) in [6.45, 7) is 4.26. The second-order valence-corrected chi connectivity index (χ2v) is 9.57. The zero-order valence-electron chi connectivity index (χ0n) is 18.4. The second kappa shape index (κ2) is 9.19. The highest BCUT2D eigenvalue weighted by Gasteiger charge is 2.24. The summed E-state index contributed by atoms with van der Waals surface area (Å²) in [5, 5.41) is 0.198. The molecule has 0 radical (unpaired) electrons. The average Bonchev–Trinajstić information content (AvgIpc) is 2.82. The molecule has 0 unspecified atom stereocenters. The molecule has 0 aliphatic heterocycles. The van der Waals surface area contributed by atoms with Gasteiger partial charge in [0.1, 0.15) is 16.5 Å². The van der Waals surface area contributed by atoms with Crippen molar-refractivity contribution in [1.82, 2.24) is 4.57 Å². The standard InChI is InChI=1S/C26H24FNO4S/c1-3-18-9-12-21(13-10-18)33(30,31)25-17-28(16-19-7-5-6-8-23(19)27)24-14-11-20(32-4-2)15-22(24)26(25)29/h5-15,17H,3-4,16H2,1-2H3. The number of sulfone groups is 1. The zero-order chi connectivity index (χ0) is 23.6. The van der Waals surface area contributed by atoms with Crippen molar-refractivity contribution in [2.75, 3.05) is 6.61 Å². The van der Waals surface area contributed by atoms with Crippen LogP contribution in [0.4, 0.5) is 4.39 Å². The smallest absolute Gasteiger partial charge is 0.211 e. The van der Waals surface area contributed by atoms with Crippen molar-refractivity contribution in [1.29, 1.82) is 0 Å². The summed E-state index contributed by atoms with van der Waals surface area (Å²) in [5.74, 6) is 0.0521. The number of nitrogens with zero attached hydrogens (tertiary/aromatic N) is 1. The largest absolute Gasteiger partial charge is 0.494 e. The molecule has 5 nitrogen and oxygen atoms in total. The maximum absolute atomic E-state index is 14.4. The fourth-order valence-electron chi connectivity index (χ4n) is 3.77. The van der Waals surface area contributed by atoms with Gasteiger partial charge < -0.3 is 9.30 Å². The molecule has 4 aromatic rings. The lowest BCUT2D eigenvalue weighted by Crippen LogP contribution is -2.20. The SMILES string of the molecule is CCOc1ccc2c(c1)c(=O)c(S(=O)(=O)c1ccc(CC)cc1)cn2Cc1ccccc1F. The van der Waals surface area contributed by atoms with Crippen LogP contribution in [0.15, 0.2) is 87.5 Å². The predicted octanol–water partition coefficient (Wildman–Crippen LogP) is 4.98. The van der Waals surface area contributed by atoms with E-state index in [1.165, 1.54) is 30.5 Å². The Morgan fingerprint density at radius 2 is 1.70 bits per heavy atom. The molecule has 0 fully saturated rings. The van der Waals surface area contributed by atoms with Gasteiger partial charge in [-0.15, -0.1) is 0 Å². The van der Waals surface area contributed by atoms with Crippen LogP contribution in [0.5, 0.6) is 5.75 Å². The first kappa shape index (κ1) is 22.7. The Labute approximate surface area is 192 Å². The van der Waals surface area contributed by atoms with E-state index in [9.17, 15) is 17.6 Å². The van der Waals surface area contributed by atoms with Crippen molar-refractivity contribution in [3.63, 3.8) is 0 Å². The molecule has 1 heterocycles. The van der Waals surface area contributed by atoms with E-state index in [1.807, 2.05) is 13.8 Å². The zero-order valence-corrected chi connectivity index (χ0v) is 19.2. The number of hydrogen-bond acceptors (Lipinski definition) is 4. The Hall–Kier alpha value is -3.45. The molecule has 0 saturated carbocycles. The molecule has 33 heavy (non-hydrogen) atoms. The average molecular weight is 466 g/mol. The Morgan fingerprint density at radius 1 is 0.970 bits per heavy atom.